The highest BCUT2D eigenvalue weighted by molar-refractivity contribution is 5.88. The van der Waals surface area contributed by atoms with E-state index in [4.69, 9.17) is 4.74 Å². The van der Waals surface area contributed by atoms with Gasteiger partial charge in [-0.2, -0.15) is 0 Å². The van der Waals surface area contributed by atoms with E-state index in [2.05, 4.69) is 175 Å². The number of nitrogens with zero attached hydrogens (tertiary/aromatic N) is 1. The number of rotatable bonds is 35. The van der Waals surface area contributed by atoms with E-state index >= 15 is 0 Å². The Morgan fingerprint density at radius 1 is 0.372 bits per heavy atom. The first kappa shape index (κ1) is 59.1. The van der Waals surface area contributed by atoms with Crippen molar-refractivity contribution in [3.63, 3.8) is 0 Å². The summed E-state index contributed by atoms with van der Waals surface area (Å²) in [6, 6.07) is 48.5. The van der Waals surface area contributed by atoms with Gasteiger partial charge in [0, 0.05) is 27.9 Å². The number of unbranched alkanes of at least 4 members (excludes halogenated alkanes) is 20. The summed E-state index contributed by atoms with van der Waals surface area (Å²) >= 11 is 0. The van der Waals surface area contributed by atoms with Gasteiger partial charge >= 0.3 is 0 Å². The standard InChI is InChI=1S/C76H103NO/c1-9-14-18-22-26-30-50-75(51-31-27-23-19-15-10-2)71-54-61(59(7)13-5)38-46-67(71)68-47-39-62(55-72(68)75)60-36-42-64(43-37-60)77(63-40-34-58(6)35-41-63)65-44-48-69-70-49-45-66(78-8)57-74(70)76(73(69)56-65,52-32-28-24-20-16-11-3)53-33-29-25-21-17-12-4/h34-49,54-57,59H,9-33,50-53H2,1-8H3. The third-order valence-corrected chi connectivity index (χ3v) is 19.0. The van der Waals surface area contributed by atoms with Gasteiger partial charge in [-0.05, 0) is 161 Å². The molecule has 0 radical (unpaired) electrons. The van der Waals surface area contributed by atoms with Crippen LogP contribution in [0.15, 0.2) is 121 Å². The quantitative estimate of drug-likeness (QED) is 0.0368. The van der Waals surface area contributed by atoms with E-state index in [9.17, 15) is 0 Å². The molecule has 0 N–H and O–H groups in total. The van der Waals surface area contributed by atoms with E-state index < -0.39 is 0 Å². The predicted molar refractivity (Wildman–Crippen MR) is 341 cm³/mol. The molecular formula is C76H103NO. The summed E-state index contributed by atoms with van der Waals surface area (Å²) in [6.45, 7) is 16.3. The molecule has 0 fully saturated rings. The average molecular weight is 1050 g/mol. The molecular weight excluding hydrogens is 943 g/mol. The van der Waals surface area contributed by atoms with Crippen LogP contribution in [0, 0.1) is 6.92 Å². The number of aryl methyl sites for hydroxylation is 1. The van der Waals surface area contributed by atoms with E-state index in [-0.39, 0.29) is 10.8 Å². The molecule has 0 saturated heterocycles. The fraction of sp³-hybridized carbons (Fsp3) is 0.526. The molecule has 0 heterocycles. The van der Waals surface area contributed by atoms with Crippen molar-refractivity contribution >= 4 is 17.1 Å². The Morgan fingerprint density at radius 3 is 1.22 bits per heavy atom. The van der Waals surface area contributed by atoms with Gasteiger partial charge in [-0.25, -0.2) is 0 Å². The zero-order valence-corrected chi connectivity index (χ0v) is 50.5. The molecule has 418 valence electrons. The molecule has 6 aromatic rings. The lowest BCUT2D eigenvalue weighted by Crippen LogP contribution is -2.26. The molecule has 0 saturated carbocycles. The van der Waals surface area contributed by atoms with E-state index in [0.717, 1.165) is 5.75 Å². The van der Waals surface area contributed by atoms with Crippen LogP contribution in [0.1, 0.15) is 267 Å². The smallest absolute Gasteiger partial charge is 0.119 e. The molecule has 2 aliphatic rings. The number of methoxy groups -OCH3 is 1. The molecule has 2 aliphatic carbocycles. The normalized spacial score (nSPS) is 14.0. The van der Waals surface area contributed by atoms with E-state index in [1.807, 2.05) is 7.11 Å². The fourth-order valence-electron chi connectivity index (χ4n) is 14.1. The van der Waals surface area contributed by atoms with Crippen molar-refractivity contribution < 1.29 is 4.74 Å². The lowest BCUT2D eigenvalue weighted by molar-refractivity contribution is 0.390. The van der Waals surface area contributed by atoms with Gasteiger partial charge in [0.05, 0.1) is 7.11 Å². The number of hydrogen-bond donors (Lipinski definition) is 0. The molecule has 78 heavy (non-hydrogen) atoms. The van der Waals surface area contributed by atoms with Crippen LogP contribution in [-0.4, -0.2) is 7.11 Å². The summed E-state index contributed by atoms with van der Waals surface area (Å²) in [5, 5.41) is 0. The van der Waals surface area contributed by atoms with Crippen molar-refractivity contribution in [2.75, 3.05) is 12.0 Å². The van der Waals surface area contributed by atoms with Gasteiger partial charge in [0.25, 0.3) is 0 Å². The molecule has 8 rings (SSSR count). The second-order valence-corrected chi connectivity index (χ2v) is 24.5. The van der Waals surface area contributed by atoms with Crippen molar-refractivity contribution in [3.8, 4) is 39.1 Å². The largest absolute Gasteiger partial charge is 0.497 e. The summed E-state index contributed by atoms with van der Waals surface area (Å²) in [5.41, 5.74) is 21.0. The highest BCUT2D eigenvalue weighted by atomic mass is 16.5. The molecule has 6 aromatic carbocycles. The van der Waals surface area contributed by atoms with Crippen molar-refractivity contribution in [1.82, 2.24) is 0 Å². The Morgan fingerprint density at radius 2 is 0.744 bits per heavy atom. The molecule has 2 heteroatoms. The molecule has 0 spiro atoms. The second kappa shape index (κ2) is 29.4. The van der Waals surface area contributed by atoms with Crippen LogP contribution >= 0.6 is 0 Å². The van der Waals surface area contributed by atoms with Crippen LogP contribution in [0.3, 0.4) is 0 Å². The maximum Gasteiger partial charge on any atom is 0.119 e. The maximum absolute atomic E-state index is 6.02. The highest BCUT2D eigenvalue weighted by Gasteiger charge is 2.44. The fourth-order valence-corrected chi connectivity index (χ4v) is 14.1. The van der Waals surface area contributed by atoms with Crippen LogP contribution in [0.2, 0.25) is 0 Å². The Kier molecular flexibility index (Phi) is 22.3. The zero-order chi connectivity index (χ0) is 54.7. The SMILES string of the molecule is CCCCCCCCC1(CCCCCCCC)c2cc(-c3ccc(N(c4ccc(C)cc4)c4ccc5c(c4)C(CCCCCCCC)(CCCCCCCC)c4cc(OC)ccc4-5)cc3)ccc2-c2ccc(C(C)CC)cc21. The van der Waals surface area contributed by atoms with Gasteiger partial charge in [-0.3, -0.25) is 0 Å². The Bertz CT molecular complexity index is 2730. The summed E-state index contributed by atoms with van der Waals surface area (Å²) in [4.78, 5) is 2.54. The summed E-state index contributed by atoms with van der Waals surface area (Å²) in [7, 11) is 1.84. The van der Waals surface area contributed by atoms with E-state index in [1.165, 1.54) is 259 Å². The minimum atomic E-state index is -0.0596. The van der Waals surface area contributed by atoms with Crippen molar-refractivity contribution in [3.05, 3.63) is 155 Å². The number of benzene rings is 6. The maximum atomic E-state index is 6.02. The molecule has 0 amide bonds. The average Bonchev–Trinajstić information content (AvgIpc) is 3.87. The minimum absolute atomic E-state index is 0.0412. The lowest BCUT2D eigenvalue weighted by Gasteiger charge is -2.34. The topological polar surface area (TPSA) is 12.5 Å². The summed E-state index contributed by atoms with van der Waals surface area (Å²) < 4.78 is 6.02. The summed E-state index contributed by atoms with van der Waals surface area (Å²) in [5.74, 6) is 1.53. The first-order valence-corrected chi connectivity index (χ1v) is 32.4. The van der Waals surface area contributed by atoms with Gasteiger partial charge in [-0.1, -0.05) is 268 Å². The van der Waals surface area contributed by atoms with Gasteiger partial charge < -0.3 is 9.64 Å². The zero-order valence-electron chi connectivity index (χ0n) is 50.5. The van der Waals surface area contributed by atoms with Gasteiger partial charge in [0.1, 0.15) is 5.75 Å². The molecule has 0 bridgehead atoms. The Labute approximate surface area is 476 Å². The number of fused-ring (bicyclic) bond motifs is 6. The van der Waals surface area contributed by atoms with E-state index in [0.29, 0.717) is 5.92 Å². The van der Waals surface area contributed by atoms with Crippen molar-refractivity contribution in [1.29, 1.82) is 0 Å². The summed E-state index contributed by atoms with van der Waals surface area (Å²) in [6.07, 6.45) is 37.7. The van der Waals surface area contributed by atoms with Crippen LogP contribution < -0.4 is 9.64 Å². The first-order chi connectivity index (χ1) is 38.2. The second-order valence-electron chi connectivity index (χ2n) is 24.5. The van der Waals surface area contributed by atoms with Crippen molar-refractivity contribution in [2.24, 2.45) is 0 Å². The number of anilines is 3. The molecule has 0 aliphatic heterocycles. The van der Waals surface area contributed by atoms with Crippen LogP contribution in [0.25, 0.3) is 33.4 Å². The molecule has 1 atom stereocenters. The highest BCUT2D eigenvalue weighted by Crippen LogP contribution is 2.58. The van der Waals surface area contributed by atoms with Crippen LogP contribution in [0.5, 0.6) is 5.75 Å². The minimum Gasteiger partial charge on any atom is -0.497 e. The molecule has 0 aromatic heterocycles. The van der Waals surface area contributed by atoms with Gasteiger partial charge in [0.2, 0.25) is 0 Å². The van der Waals surface area contributed by atoms with Gasteiger partial charge in [-0.15, -0.1) is 0 Å². The van der Waals surface area contributed by atoms with Gasteiger partial charge in [0.15, 0.2) is 0 Å². The monoisotopic (exact) mass is 1050 g/mol. The Balaban J connectivity index is 1.18. The number of hydrogen-bond acceptors (Lipinski definition) is 2. The van der Waals surface area contributed by atoms with Crippen LogP contribution in [-0.2, 0) is 10.8 Å². The van der Waals surface area contributed by atoms with Crippen molar-refractivity contribution in [2.45, 2.75) is 251 Å². The third-order valence-electron chi connectivity index (χ3n) is 19.0. The van der Waals surface area contributed by atoms with E-state index in [1.54, 1.807) is 11.1 Å². The number of ether oxygens (including phenoxy) is 1. The Hall–Kier alpha value is -5.08. The first-order valence-electron chi connectivity index (χ1n) is 32.4. The lowest BCUT2D eigenvalue weighted by atomic mass is 9.69. The molecule has 2 nitrogen and oxygen atoms in total. The molecule has 1 unspecified atom stereocenters. The predicted octanol–water partition coefficient (Wildman–Crippen LogP) is 24.2. The third kappa shape index (κ3) is 13.7. The van der Waals surface area contributed by atoms with Crippen LogP contribution in [0.4, 0.5) is 17.1 Å².